The van der Waals surface area contributed by atoms with Gasteiger partial charge in [-0.1, -0.05) is 13.3 Å². The van der Waals surface area contributed by atoms with Gasteiger partial charge in [-0.2, -0.15) is 0 Å². The van der Waals surface area contributed by atoms with Crippen molar-refractivity contribution in [1.29, 1.82) is 0 Å². The Morgan fingerprint density at radius 3 is 2.75 bits per heavy atom. The molecule has 0 spiro atoms. The second kappa shape index (κ2) is 4.23. The molecule has 0 bridgehead atoms. The summed E-state index contributed by atoms with van der Waals surface area (Å²) in [5.74, 6) is 0.309. The van der Waals surface area contributed by atoms with Gasteiger partial charge in [0.1, 0.15) is 0 Å². The highest BCUT2D eigenvalue weighted by molar-refractivity contribution is 7.92. The molecule has 12 heavy (non-hydrogen) atoms. The lowest BCUT2D eigenvalue weighted by Crippen LogP contribution is -2.19. The summed E-state index contributed by atoms with van der Waals surface area (Å²) in [6, 6.07) is 0. The molecule has 1 heterocycles. The van der Waals surface area contributed by atoms with Crippen molar-refractivity contribution in [2.45, 2.75) is 38.0 Å². The fourth-order valence-electron chi connectivity index (χ4n) is 1.31. The summed E-state index contributed by atoms with van der Waals surface area (Å²) in [6.45, 7) is 2.65. The number of ether oxygens (including phenoxy) is 1. The van der Waals surface area contributed by atoms with Crippen LogP contribution in [0.3, 0.4) is 0 Å². The van der Waals surface area contributed by atoms with E-state index in [1.807, 2.05) is 0 Å². The summed E-state index contributed by atoms with van der Waals surface area (Å²) in [5.41, 5.74) is -0.496. The van der Waals surface area contributed by atoms with Crippen LogP contribution in [-0.2, 0) is 14.6 Å². The maximum absolute atomic E-state index is 11.2. The fourth-order valence-corrected chi connectivity index (χ4v) is 2.97. The van der Waals surface area contributed by atoms with Gasteiger partial charge < -0.3 is 4.74 Å². The van der Waals surface area contributed by atoms with Gasteiger partial charge in [-0.25, -0.2) is 8.42 Å². The standard InChI is InChI=1S/C8H16O3S/c1-2-3-6-11-8-5-4-7-12(8,9)10/h8H,2-7H2,1H3. The predicted molar refractivity (Wildman–Crippen MR) is 47.7 cm³/mol. The van der Waals surface area contributed by atoms with Gasteiger partial charge in [-0.3, -0.25) is 0 Å². The number of hydrogen-bond acceptors (Lipinski definition) is 3. The van der Waals surface area contributed by atoms with Crippen molar-refractivity contribution in [2.24, 2.45) is 0 Å². The Labute approximate surface area is 74.0 Å². The van der Waals surface area contributed by atoms with Crippen LogP contribution in [0.5, 0.6) is 0 Å². The molecule has 1 rings (SSSR count). The van der Waals surface area contributed by atoms with E-state index in [0.29, 0.717) is 18.8 Å². The predicted octanol–water partition coefficient (Wildman–Crippen LogP) is 1.34. The van der Waals surface area contributed by atoms with E-state index >= 15 is 0 Å². The molecule has 0 saturated carbocycles. The highest BCUT2D eigenvalue weighted by Crippen LogP contribution is 2.20. The summed E-state index contributed by atoms with van der Waals surface area (Å²) >= 11 is 0. The van der Waals surface area contributed by atoms with Gasteiger partial charge >= 0.3 is 0 Å². The van der Waals surface area contributed by atoms with Crippen LogP contribution in [0.25, 0.3) is 0 Å². The van der Waals surface area contributed by atoms with Gasteiger partial charge in [0.25, 0.3) is 0 Å². The van der Waals surface area contributed by atoms with Crippen LogP contribution in [0.15, 0.2) is 0 Å². The topological polar surface area (TPSA) is 43.4 Å². The highest BCUT2D eigenvalue weighted by atomic mass is 32.2. The van der Waals surface area contributed by atoms with Gasteiger partial charge in [0.15, 0.2) is 15.3 Å². The quantitative estimate of drug-likeness (QED) is 0.631. The zero-order valence-corrected chi connectivity index (χ0v) is 8.27. The highest BCUT2D eigenvalue weighted by Gasteiger charge is 2.31. The van der Waals surface area contributed by atoms with E-state index in [2.05, 4.69) is 6.92 Å². The monoisotopic (exact) mass is 192 g/mol. The maximum atomic E-state index is 11.2. The van der Waals surface area contributed by atoms with E-state index in [-0.39, 0.29) is 0 Å². The molecule has 1 atom stereocenters. The third-order valence-corrected chi connectivity index (χ3v) is 4.10. The molecule has 1 aliphatic heterocycles. The van der Waals surface area contributed by atoms with Crippen LogP contribution in [-0.4, -0.2) is 26.2 Å². The molecular formula is C8H16O3S. The molecule has 0 radical (unpaired) electrons. The van der Waals surface area contributed by atoms with Crippen LogP contribution in [0.4, 0.5) is 0 Å². The first-order chi connectivity index (χ1) is 5.67. The van der Waals surface area contributed by atoms with Gasteiger partial charge in [0.05, 0.1) is 5.75 Å². The Morgan fingerprint density at radius 2 is 2.25 bits per heavy atom. The second-order valence-electron chi connectivity index (χ2n) is 3.16. The zero-order chi connectivity index (χ0) is 9.03. The van der Waals surface area contributed by atoms with E-state index in [0.717, 1.165) is 19.3 Å². The first-order valence-electron chi connectivity index (χ1n) is 4.50. The Hall–Kier alpha value is -0.0900. The summed E-state index contributed by atoms with van der Waals surface area (Å²) in [4.78, 5) is 0. The molecule has 1 unspecified atom stereocenters. The van der Waals surface area contributed by atoms with Crippen LogP contribution in [0.1, 0.15) is 32.6 Å². The maximum Gasteiger partial charge on any atom is 0.177 e. The SMILES string of the molecule is CCCCOC1CCCS1(=O)=O. The average Bonchev–Trinajstić information content (AvgIpc) is 2.32. The van der Waals surface area contributed by atoms with Crippen LogP contribution in [0.2, 0.25) is 0 Å². The molecule has 3 nitrogen and oxygen atoms in total. The van der Waals surface area contributed by atoms with Crippen molar-refractivity contribution in [2.75, 3.05) is 12.4 Å². The van der Waals surface area contributed by atoms with Crippen LogP contribution in [0, 0.1) is 0 Å². The second-order valence-corrected chi connectivity index (χ2v) is 5.42. The molecule has 0 aromatic heterocycles. The third-order valence-electron chi connectivity index (χ3n) is 2.07. The molecule has 0 amide bonds. The number of sulfone groups is 1. The van der Waals surface area contributed by atoms with Gasteiger partial charge in [-0.05, 0) is 19.3 Å². The van der Waals surface area contributed by atoms with Crippen molar-refractivity contribution < 1.29 is 13.2 Å². The molecular weight excluding hydrogens is 176 g/mol. The Balaban J connectivity index is 2.32. The first-order valence-corrected chi connectivity index (χ1v) is 6.21. The minimum atomic E-state index is -2.89. The van der Waals surface area contributed by atoms with E-state index in [1.165, 1.54) is 0 Å². The van der Waals surface area contributed by atoms with Gasteiger partial charge in [0, 0.05) is 6.61 Å². The summed E-state index contributed by atoms with van der Waals surface area (Å²) in [6.07, 6.45) is 3.45. The Bertz CT molecular complexity index is 220. The minimum absolute atomic E-state index is 0.309. The molecule has 4 heteroatoms. The third kappa shape index (κ3) is 2.45. The Morgan fingerprint density at radius 1 is 1.50 bits per heavy atom. The van der Waals surface area contributed by atoms with Crippen molar-refractivity contribution in [3.05, 3.63) is 0 Å². The molecule has 0 N–H and O–H groups in total. The number of unbranched alkanes of at least 4 members (excludes halogenated alkanes) is 1. The molecule has 1 fully saturated rings. The van der Waals surface area contributed by atoms with Crippen molar-refractivity contribution in [1.82, 2.24) is 0 Å². The average molecular weight is 192 g/mol. The number of rotatable bonds is 4. The lowest BCUT2D eigenvalue weighted by atomic mass is 10.3. The van der Waals surface area contributed by atoms with E-state index in [1.54, 1.807) is 0 Å². The summed E-state index contributed by atoms with van der Waals surface area (Å²) < 4.78 is 27.7. The lowest BCUT2D eigenvalue weighted by molar-refractivity contribution is 0.103. The molecule has 1 aliphatic rings. The van der Waals surface area contributed by atoms with E-state index in [9.17, 15) is 8.42 Å². The molecule has 1 saturated heterocycles. The van der Waals surface area contributed by atoms with Crippen molar-refractivity contribution >= 4 is 9.84 Å². The normalized spacial score (nSPS) is 27.6. The Kier molecular flexibility index (Phi) is 3.53. The summed E-state index contributed by atoms with van der Waals surface area (Å²) in [7, 11) is -2.89. The molecule has 0 aromatic rings. The minimum Gasteiger partial charge on any atom is -0.362 e. The van der Waals surface area contributed by atoms with Crippen LogP contribution >= 0.6 is 0 Å². The van der Waals surface area contributed by atoms with Gasteiger partial charge in [-0.15, -0.1) is 0 Å². The summed E-state index contributed by atoms with van der Waals surface area (Å²) in [5, 5.41) is 0. The van der Waals surface area contributed by atoms with Crippen LogP contribution < -0.4 is 0 Å². The lowest BCUT2D eigenvalue weighted by Gasteiger charge is -2.09. The number of hydrogen-bond donors (Lipinski definition) is 0. The van der Waals surface area contributed by atoms with Crippen molar-refractivity contribution in [3.8, 4) is 0 Å². The zero-order valence-electron chi connectivity index (χ0n) is 7.45. The smallest absolute Gasteiger partial charge is 0.177 e. The largest absolute Gasteiger partial charge is 0.362 e. The fraction of sp³-hybridized carbons (Fsp3) is 1.00. The van der Waals surface area contributed by atoms with E-state index < -0.39 is 15.3 Å². The van der Waals surface area contributed by atoms with Gasteiger partial charge in [0.2, 0.25) is 0 Å². The molecule has 0 aliphatic carbocycles. The van der Waals surface area contributed by atoms with E-state index in [4.69, 9.17) is 4.74 Å². The molecule has 72 valence electrons. The van der Waals surface area contributed by atoms with Crippen molar-refractivity contribution in [3.63, 3.8) is 0 Å². The molecule has 0 aromatic carbocycles. The first kappa shape index (κ1) is 9.99.